The topological polar surface area (TPSA) is 12.0 Å². The van der Waals surface area contributed by atoms with Gasteiger partial charge in [0.15, 0.2) is 0 Å². The molecule has 3 atom stereocenters. The van der Waals surface area contributed by atoms with Crippen LogP contribution in [0.25, 0.3) is 0 Å². The highest BCUT2D eigenvalue weighted by molar-refractivity contribution is 7.99. The van der Waals surface area contributed by atoms with Gasteiger partial charge in [0.2, 0.25) is 0 Å². The summed E-state index contributed by atoms with van der Waals surface area (Å²) in [6.07, 6.45) is 5.50. The van der Waals surface area contributed by atoms with Crippen LogP contribution < -0.4 is 5.32 Å². The standard InChI is InChI=1S/C17H25NS/c1-3-18-14-8-9-17(2,11-14)10-13-12-19-16-7-5-4-6-15(13)16/h4-7,13-14,18H,3,8-12H2,1-2H3. The van der Waals surface area contributed by atoms with Crippen LogP contribution >= 0.6 is 11.8 Å². The van der Waals surface area contributed by atoms with Crippen molar-refractivity contribution in [2.75, 3.05) is 12.3 Å². The molecule has 0 aromatic heterocycles. The van der Waals surface area contributed by atoms with E-state index in [9.17, 15) is 0 Å². The van der Waals surface area contributed by atoms with Crippen molar-refractivity contribution in [2.45, 2.75) is 56.4 Å². The predicted molar refractivity (Wildman–Crippen MR) is 83.9 cm³/mol. The Bertz CT molecular complexity index is 445. The minimum absolute atomic E-state index is 0.551. The van der Waals surface area contributed by atoms with Crippen molar-refractivity contribution < 1.29 is 0 Å². The number of rotatable bonds is 4. The van der Waals surface area contributed by atoms with E-state index in [1.807, 2.05) is 0 Å². The van der Waals surface area contributed by atoms with Crippen LogP contribution in [0.4, 0.5) is 0 Å². The molecule has 1 nitrogen and oxygen atoms in total. The van der Waals surface area contributed by atoms with E-state index < -0.39 is 0 Å². The van der Waals surface area contributed by atoms with E-state index in [1.165, 1.54) is 36.3 Å². The minimum atomic E-state index is 0.551. The van der Waals surface area contributed by atoms with Crippen LogP contribution in [0.5, 0.6) is 0 Å². The summed E-state index contributed by atoms with van der Waals surface area (Å²) in [7, 11) is 0. The largest absolute Gasteiger partial charge is 0.314 e. The van der Waals surface area contributed by atoms with Gasteiger partial charge in [-0.1, -0.05) is 32.0 Å². The van der Waals surface area contributed by atoms with Gasteiger partial charge in [0.25, 0.3) is 0 Å². The molecule has 0 bridgehead atoms. The predicted octanol–water partition coefficient (Wildman–Crippen LogP) is 4.43. The summed E-state index contributed by atoms with van der Waals surface area (Å²) in [5, 5.41) is 3.64. The Hall–Kier alpha value is -0.470. The Morgan fingerprint density at radius 2 is 2.21 bits per heavy atom. The quantitative estimate of drug-likeness (QED) is 0.872. The molecule has 2 aliphatic rings. The van der Waals surface area contributed by atoms with E-state index in [0.717, 1.165) is 18.5 Å². The SMILES string of the molecule is CCNC1CCC(C)(CC2CSc3ccccc32)C1. The third-order valence-corrected chi connectivity index (χ3v) is 6.12. The van der Waals surface area contributed by atoms with Crippen molar-refractivity contribution in [3.63, 3.8) is 0 Å². The van der Waals surface area contributed by atoms with Crippen molar-refractivity contribution >= 4 is 11.8 Å². The van der Waals surface area contributed by atoms with Crippen LogP contribution in [0.2, 0.25) is 0 Å². The summed E-state index contributed by atoms with van der Waals surface area (Å²) >= 11 is 2.05. The number of nitrogens with one attached hydrogen (secondary N) is 1. The normalized spacial score (nSPS) is 33.6. The average Bonchev–Trinajstić information content (AvgIpc) is 2.96. The van der Waals surface area contributed by atoms with Crippen molar-refractivity contribution in [3.8, 4) is 0 Å². The molecule has 1 aromatic carbocycles. The van der Waals surface area contributed by atoms with E-state index >= 15 is 0 Å². The molecule has 1 saturated carbocycles. The van der Waals surface area contributed by atoms with E-state index in [0.29, 0.717) is 5.41 Å². The van der Waals surface area contributed by atoms with Gasteiger partial charge in [0.05, 0.1) is 0 Å². The van der Waals surface area contributed by atoms with Gasteiger partial charge in [0.1, 0.15) is 0 Å². The van der Waals surface area contributed by atoms with Crippen LogP contribution in [-0.2, 0) is 0 Å². The zero-order chi connectivity index (χ0) is 13.3. The maximum absolute atomic E-state index is 3.64. The molecule has 2 heteroatoms. The summed E-state index contributed by atoms with van der Waals surface area (Å²) < 4.78 is 0. The average molecular weight is 275 g/mol. The number of hydrogen-bond donors (Lipinski definition) is 1. The molecule has 1 aromatic rings. The van der Waals surface area contributed by atoms with Gasteiger partial charge in [-0.2, -0.15) is 0 Å². The molecule has 1 aliphatic heterocycles. The second kappa shape index (κ2) is 5.49. The van der Waals surface area contributed by atoms with Crippen molar-refractivity contribution in [1.29, 1.82) is 0 Å². The van der Waals surface area contributed by atoms with Gasteiger partial charge in [-0.05, 0) is 55.2 Å². The summed E-state index contributed by atoms with van der Waals surface area (Å²) in [5.74, 6) is 2.08. The number of thioether (sulfide) groups is 1. The fourth-order valence-corrected chi connectivity index (χ4v) is 5.22. The first-order valence-electron chi connectivity index (χ1n) is 7.65. The molecule has 0 amide bonds. The Morgan fingerprint density at radius 1 is 1.37 bits per heavy atom. The van der Waals surface area contributed by atoms with Gasteiger partial charge in [-0.25, -0.2) is 0 Å². The summed E-state index contributed by atoms with van der Waals surface area (Å²) in [4.78, 5) is 1.53. The highest BCUT2D eigenvalue weighted by Crippen LogP contribution is 2.49. The summed E-state index contributed by atoms with van der Waals surface area (Å²) in [6.45, 7) is 5.85. The molecule has 1 fully saturated rings. The molecular weight excluding hydrogens is 250 g/mol. The molecule has 1 N–H and O–H groups in total. The Kier molecular flexibility index (Phi) is 3.91. The first-order valence-corrected chi connectivity index (χ1v) is 8.64. The molecule has 1 aliphatic carbocycles. The Balaban J connectivity index is 1.67. The van der Waals surface area contributed by atoms with Gasteiger partial charge >= 0.3 is 0 Å². The highest BCUT2D eigenvalue weighted by atomic mass is 32.2. The zero-order valence-electron chi connectivity index (χ0n) is 12.1. The molecular formula is C17H25NS. The minimum Gasteiger partial charge on any atom is -0.314 e. The monoisotopic (exact) mass is 275 g/mol. The van der Waals surface area contributed by atoms with E-state index in [-0.39, 0.29) is 0 Å². The van der Waals surface area contributed by atoms with Crippen molar-refractivity contribution in [3.05, 3.63) is 29.8 Å². The first kappa shape index (κ1) is 13.5. The lowest BCUT2D eigenvalue weighted by Crippen LogP contribution is -2.28. The van der Waals surface area contributed by atoms with Crippen LogP contribution in [0, 0.1) is 5.41 Å². The Labute approximate surface area is 121 Å². The lowest BCUT2D eigenvalue weighted by molar-refractivity contribution is 0.280. The smallest absolute Gasteiger partial charge is 0.0107 e. The number of benzene rings is 1. The third kappa shape index (κ3) is 2.85. The van der Waals surface area contributed by atoms with E-state index in [2.05, 4.69) is 55.2 Å². The fraction of sp³-hybridized carbons (Fsp3) is 0.647. The van der Waals surface area contributed by atoms with Crippen molar-refractivity contribution in [2.24, 2.45) is 5.41 Å². The summed E-state index contributed by atoms with van der Waals surface area (Å²) in [5.41, 5.74) is 2.16. The van der Waals surface area contributed by atoms with Crippen LogP contribution in [0.3, 0.4) is 0 Å². The fourth-order valence-electron chi connectivity index (χ4n) is 3.96. The highest BCUT2D eigenvalue weighted by Gasteiger charge is 2.38. The van der Waals surface area contributed by atoms with E-state index in [1.54, 1.807) is 5.56 Å². The maximum atomic E-state index is 3.64. The maximum Gasteiger partial charge on any atom is 0.0107 e. The molecule has 0 saturated heterocycles. The number of hydrogen-bond acceptors (Lipinski definition) is 2. The van der Waals surface area contributed by atoms with Crippen molar-refractivity contribution in [1.82, 2.24) is 5.32 Å². The molecule has 0 radical (unpaired) electrons. The number of fused-ring (bicyclic) bond motifs is 1. The molecule has 1 heterocycles. The molecule has 19 heavy (non-hydrogen) atoms. The zero-order valence-corrected chi connectivity index (χ0v) is 12.9. The van der Waals surface area contributed by atoms with Gasteiger partial charge < -0.3 is 5.32 Å². The van der Waals surface area contributed by atoms with Crippen LogP contribution in [0.15, 0.2) is 29.2 Å². The van der Waals surface area contributed by atoms with Crippen LogP contribution in [-0.4, -0.2) is 18.3 Å². The third-order valence-electron chi connectivity index (χ3n) is 4.87. The van der Waals surface area contributed by atoms with Gasteiger partial charge in [0, 0.05) is 16.7 Å². The Morgan fingerprint density at radius 3 is 3.05 bits per heavy atom. The van der Waals surface area contributed by atoms with E-state index in [4.69, 9.17) is 0 Å². The van der Waals surface area contributed by atoms with Crippen LogP contribution in [0.1, 0.15) is 51.0 Å². The molecule has 3 unspecified atom stereocenters. The first-order chi connectivity index (χ1) is 9.20. The van der Waals surface area contributed by atoms with Gasteiger partial charge in [-0.15, -0.1) is 11.8 Å². The molecule has 104 valence electrons. The lowest BCUT2D eigenvalue weighted by Gasteiger charge is -2.28. The summed E-state index contributed by atoms with van der Waals surface area (Å²) in [6, 6.07) is 9.78. The second-order valence-corrected chi connectivity index (χ2v) is 7.62. The van der Waals surface area contributed by atoms with Gasteiger partial charge in [-0.3, -0.25) is 0 Å². The molecule has 3 rings (SSSR count). The lowest BCUT2D eigenvalue weighted by atomic mass is 9.78. The second-order valence-electron chi connectivity index (χ2n) is 6.56. The molecule has 0 spiro atoms.